The van der Waals surface area contributed by atoms with Crippen LogP contribution in [0.5, 0.6) is 0 Å². The quantitative estimate of drug-likeness (QED) is 0.848. The van der Waals surface area contributed by atoms with E-state index in [9.17, 15) is 4.79 Å². The number of rotatable bonds is 1. The van der Waals surface area contributed by atoms with Crippen LogP contribution in [0.1, 0.15) is 12.0 Å². The van der Waals surface area contributed by atoms with Gasteiger partial charge in [-0.1, -0.05) is 42.5 Å². The maximum absolute atomic E-state index is 10.6. The lowest BCUT2D eigenvalue weighted by Crippen LogP contribution is -2.47. The van der Waals surface area contributed by atoms with Crippen LogP contribution in [0, 0.1) is 11.3 Å². The predicted molar refractivity (Wildman–Crippen MR) is 90.7 cm³/mol. The lowest BCUT2D eigenvalue weighted by Gasteiger charge is -2.14. The maximum Gasteiger partial charge on any atom is 0.228 e. The molecule has 1 fully saturated rings. The normalized spacial score (nSPS) is 14.8. The molecule has 2 N–H and O–H groups in total. The second kappa shape index (κ2) is 8.35. The van der Waals surface area contributed by atoms with E-state index in [0.29, 0.717) is 24.5 Å². The number of aliphatic imine (C=N–C) groups is 1. The molecule has 5 heteroatoms. The van der Waals surface area contributed by atoms with E-state index < -0.39 is 0 Å². The summed E-state index contributed by atoms with van der Waals surface area (Å²) in [6.45, 7) is 0.693. The molecule has 2 aromatic carbocycles. The van der Waals surface area contributed by atoms with Crippen molar-refractivity contribution < 1.29 is 4.79 Å². The highest BCUT2D eigenvalue weighted by atomic mass is 16.1. The van der Waals surface area contributed by atoms with Crippen LogP contribution in [0.2, 0.25) is 0 Å². The van der Waals surface area contributed by atoms with Crippen LogP contribution in [0.25, 0.3) is 11.1 Å². The molecule has 0 unspecified atom stereocenters. The molecule has 23 heavy (non-hydrogen) atoms. The Morgan fingerprint density at radius 1 is 1.09 bits per heavy atom. The van der Waals surface area contributed by atoms with E-state index in [1.54, 1.807) is 7.05 Å². The van der Waals surface area contributed by atoms with E-state index in [0.717, 1.165) is 11.1 Å². The summed E-state index contributed by atoms with van der Waals surface area (Å²) < 4.78 is 0. The van der Waals surface area contributed by atoms with Crippen LogP contribution < -0.4 is 10.6 Å². The Morgan fingerprint density at radius 3 is 2.43 bits per heavy atom. The topological polar surface area (TPSA) is 77.3 Å². The molecule has 5 nitrogen and oxygen atoms in total. The van der Waals surface area contributed by atoms with Gasteiger partial charge in [0.05, 0.1) is 11.6 Å². The number of carbonyl (C=O) groups is 1. The number of guanidine groups is 1. The van der Waals surface area contributed by atoms with Gasteiger partial charge < -0.3 is 5.32 Å². The van der Waals surface area contributed by atoms with E-state index in [2.05, 4.69) is 21.7 Å². The number of benzene rings is 2. The third kappa shape index (κ3) is 4.97. The molecule has 1 saturated heterocycles. The van der Waals surface area contributed by atoms with Gasteiger partial charge in [-0.2, -0.15) is 5.26 Å². The summed E-state index contributed by atoms with van der Waals surface area (Å²) >= 11 is 0. The van der Waals surface area contributed by atoms with Gasteiger partial charge in [0.1, 0.15) is 0 Å². The molecule has 0 radical (unpaired) electrons. The van der Waals surface area contributed by atoms with Crippen molar-refractivity contribution in [2.45, 2.75) is 6.42 Å². The average molecular weight is 306 g/mol. The van der Waals surface area contributed by atoms with E-state index in [4.69, 9.17) is 5.26 Å². The Hall–Kier alpha value is -3.13. The summed E-state index contributed by atoms with van der Waals surface area (Å²) in [6.07, 6.45) is 0.541. The summed E-state index contributed by atoms with van der Waals surface area (Å²) in [5, 5.41) is 14.2. The van der Waals surface area contributed by atoms with Crippen molar-refractivity contribution in [2.24, 2.45) is 4.99 Å². The zero-order valence-electron chi connectivity index (χ0n) is 12.9. The summed E-state index contributed by atoms with van der Waals surface area (Å²) in [7, 11) is 1.63. The first-order chi connectivity index (χ1) is 11.2. The number of nitriles is 1. The van der Waals surface area contributed by atoms with Crippen molar-refractivity contribution in [3.8, 4) is 17.2 Å². The predicted octanol–water partition coefficient (Wildman–Crippen LogP) is 2.31. The lowest BCUT2D eigenvalue weighted by atomic mass is 10.0. The van der Waals surface area contributed by atoms with E-state index >= 15 is 0 Å². The number of hydrogen-bond donors (Lipinski definition) is 2. The molecule has 2 aromatic rings. The highest BCUT2D eigenvalue weighted by Gasteiger charge is 2.09. The number of nitrogens with one attached hydrogen (secondary N) is 2. The van der Waals surface area contributed by atoms with E-state index in [-0.39, 0.29) is 5.91 Å². The second-order valence-corrected chi connectivity index (χ2v) is 4.86. The molecule has 1 amide bonds. The van der Waals surface area contributed by atoms with Crippen molar-refractivity contribution in [3.63, 3.8) is 0 Å². The molecule has 0 bridgehead atoms. The third-order valence-corrected chi connectivity index (χ3v) is 3.22. The fourth-order valence-corrected chi connectivity index (χ4v) is 2.07. The molecule has 1 heterocycles. The van der Waals surface area contributed by atoms with Crippen LogP contribution in [0.4, 0.5) is 0 Å². The highest BCUT2D eigenvalue weighted by molar-refractivity contribution is 5.99. The monoisotopic (exact) mass is 306 g/mol. The van der Waals surface area contributed by atoms with Gasteiger partial charge in [0.15, 0.2) is 5.96 Å². The molecule has 0 aromatic heterocycles. The van der Waals surface area contributed by atoms with Gasteiger partial charge in [-0.15, -0.1) is 0 Å². The Labute approximate surface area is 135 Å². The summed E-state index contributed by atoms with van der Waals surface area (Å²) in [6, 6.07) is 19.8. The molecule has 0 aliphatic carbocycles. The first-order valence-electron chi connectivity index (χ1n) is 7.29. The zero-order chi connectivity index (χ0) is 16.5. The lowest BCUT2D eigenvalue weighted by molar-refractivity contribution is -0.120. The second-order valence-electron chi connectivity index (χ2n) is 4.86. The SMILES string of the molecule is CN=C1NCCC(=O)N1.N#Cc1cccc(-c2ccccc2)c1. The summed E-state index contributed by atoms with van der Waals surface area (Å²) in [5.74, 6) is 0.612. The largest absolute Gasteiger partial charge is 0.356 e. The van der Waals surface area contributed by atoms with Gasteiger partial charge in [0.2, 0.25) is 5.91 Å². The van der Waals surface area contributed by atoms with Gasteiger partial charge in [-0.05, 0) is 23.3 Å². The minimum absolute atomic E-state index is 0.0364. The number of nitrogens with zero attached hydrogens (tertiary/aromatic N) is 2. The molecule has 0 atom stereocenters. The number of amides is 1. The first kappa shape index (κ1) is 16.2. The molecule has 0 saturated carbocycles. The van der Waals surface area contributed by atoms with Crippen molar-refractivity contribution in [1.29, 1.82) is 5.26 Å². The Morgan fingerprint density at radius 2 is 1.83 bits per heavy atom. The van der Waals surface area contributed by atoms with Gasteiger partial charge in [-0.25, -0.2) is 0 Å². The standard InChI is InChI=1S/C13H9N.C5H9N3O/c14-10-11-5-4-8-13(9-11)12-6-2-1-3-7-12;1-6-5-7-3-2-4(9)8-5/h1-9H;2-3H2,1H3,(H2,6,7,8,9). The van der Waals surface area contributed by atoms with Crippen molar-refractivity contribution in [2.75, 3.05) is 13.6 Å². The van der Waals surface area contributed by atoms with Crippen LogP contribution >= 0.6 is 0 Å². The molecule has 1 aliphatic rings. The van der Waals surface area contributed by atoms with Crippen LogP contribution in [-0.4, -0.2) is 25.5 Å². The van der Waals surface area contributed by atoms with Gasteiger partial charge in [0.25, 0.3) is 0 Å². The Balaban J connectivity index is 0.000000185. The number of hydrogen-bond acceptors (Lipinski definition) is 3. The van der Waals surface area contributed by atoms with Crippen LogP contribution in [0.3, 0.4) is 0 Å². The number of carbonyl (C=O) groups excluding carboxylic acids is 1. The third-order valence-electron chi connectivity index (χ3n) is 3.22. The molecule has 3 rings (SSSR count). The first-order valence-corrected chi connectivity index (χ1v) is 7.29. The van der Waals surface area contributed by atoms with Gasteiger partial charge in [0, 0.05) is 20.0 Å². The molecule has 0 spiro atoms. The van der Waals surface area contributed by atoms with E-state index in [1.165, 1.54) is 0 Å². The molecule has 116 valence electrons. The summed E-state index contributed by atoms with van der Waals surface area (Å²) in [4.78, 5) is 14.4. The molecular weight excluding hydrogens is 288 g/mol. The van der Waals surface area contributed by atoms with Gasteiger partial charge in [-0.3, -0.25) is 15.1 Å². The molecular formula is C18H18N4O. The maximum atomic E-state index is 10.6. The van der Waals surface area contributed by atoms with Crippen molar-refractivity contribution in [1.82, 2.24) is 10.6 Å². The fourth-order valence-electron chi connectivity index (χ4n) is 2.07. The minimum atomic E-state index is 0.0364. The summed E-state index contributed by atoms with van der Waals surface area (Å²) in [5.41, 5.74) is 2.93. The van der Waals surface area contributed by atoms with Crippen molar-refractivity contribution >= 4 is 11.9 Å². The highest BCUT2D eigenvalue weighted by Crippen LogP contribution is 2.19. The van der Waals surface area contributed by atoms with Crippen LogP contribution in [-0.2, 0) is 4.79 Å². The van der Waals surface area contributed by atoms with E-state index in [1.807, 2.05) is 54.6 Å². The smallest absolute Gasteiger partial charge is 0.228 e. The van der Waals surface area contributed by atoms with Crippen LogP contribution in [0.15, 0.2) is 59.6 Å². The zero-order valence-corrected chi connectivity index (χ0v) is 12.9. The average Bonchev–Trinajstić information content (AvgIpc) is 2.63. The minimum Gasteiger partial charge on any atom is -0.356 e. The Kier molecular flexibility index (Phi) is 5.89. The Bertz CT molecular complexity index is 732. The van der Waals surface area contributed by atoms with Crippen molar-refractivity contribution in [3.05, 3.63) is 60.2 Å². The molecule has 1 aliphatic heterocycles. The van der Waals surface area contributed by atoms with Gasteiger partial charge >= 0.3 is 0 Å². The fraction of sp³-hybridized carbons (Fsp3) is 0.167.